The van der Waals surface area contributed by atoms with Gasteiger partial charge in [0.1, 0.15) is 0 Å². The van der Waals surface area contributed by atoms with Crippen molar-refractivity contribution in [1.29, 1.82) is 0 Å². The molecule has 3 rings (SSSR count). The fourth-order valence-electron chi connectivity index (χ4n) is 4.25. The maximum Gasteiger partial charge on any atom is 0.232 e. The summed E-state index contributed by atoms with van der Waals surface area (Å²) < 4.78 is 0. The van der Waals surface area contributed by atoms with Crippen molar-refractivity contribution in [1.82, 2.24) is 4.90 Å². The van der Waals surface area contributed by atoms with E-state index in [-0.39, 0.29) is 17.7 Å². The van der Waals surface area contributed by atoms with Crippen molar-refractivity contribution in [3.8, 4) is 0 Å². The molecular formula is C21H30N2O2. The molecule has 25 heavy (non-hydrogen) atoms. The first-order valence-electron chi connectivity index (χ1n) is 9.77. The molecule has 136 valence electrons. The van der Waals surface area contributed by atoms with Crippen molar-refractivity contribution >= 4 is 17.5 Å². The fourth-order valence-corrected chi connectivity index (χ4v) is 4.25. The average molecular weight is 342 g/mol. The Kier molecular flexibility index (Phi) is 5.77. The van der Waals surface area contributed by atoms with Gasteiger partial charge in [-0.1, -0.05) is 38.3 Å². The summed E-state index contributed by atoms with van der Waals surface area (Å²) in [4.78, 5) is 29.6. The van der Waals surface area contributed by atoms with E-state index in [1.165, 1.54) is 19.3 Å². The van der Waals surface area contributed by atoms with Crippen molar-refractivity contribution < 1.29 is 9.59 Å². The van der Waals surface area contributed by atoms with E-state index in [1.807, 2.05) is 34.9 Å². The molecule has 1 saturated heterocycles. The van der Waals surface area contributed by atoms with Crippen LogP contribution in [-0.4, -0.2) is 35.8 Å². The SMILES string of the molecule is CCCN(C(=O)C1CC(=O)N(C2CCCCC2)C1)c1cccc(C)c1. The van der Waals surface area contributed by atoms with Crippen molar-refractivity contribution in [3.05, 3.63) is 29.8 Å². The minimum Gasteiger partial charge on any atom is -0.339 e. The summed E-state index contributed by atoms with van der Waals surface area (Å²) in [5.41, 5.74) is 2.10. The topological polar surface area (TPSA) is 40.6 Å². The Morgan fingerprint density at radius 1 is 1.24 bits per heavy atom. The van der Waals surface area contributed by atoms with Crippen molar-refractivity contribution in [2.45, 2.75) is 64.8 Å². The summed E-state index contributed by atoms with van der Waals surface area (Å²) in [6.45, 7) is 5.44. The number of likely N-dealkylation sites (tertiary alicyclic amines) is 1. The lowest BCUT2D eigenvalue weighted by Gasteiger charge is -2.31. The summed E-state index contributed by atoms with van der Waals surface area (Å²) >= 11 is 0. The number of aryl methyl sites for hydroxylation is 1. The molecule has 1 aromatic rings. The highest BCUT2D eigenvalue weighted by atomic mass is 16.2. The van der Waals surface area contributed by atoms with Crippen LogP contribution in [0.3, 0.4) is 0 Å². The third-order valence-electron chi connectivity index (χ3n) is 5.55. The van der Waals surface area contributed by atoms with E-state index >= 15 is 0 Å². The molecule has 4 nitrogen and oxygen atoms in total. The Hall–Kier alpha value is -1.84. The van der Waals surface area contributed by atoms with Crippen LogP contribution < -0.4 is 4.90 Å². The third kappa shape index (κ3) is 4.05. The van der Waals surface area contributed by atoms with Gasteiger partial charge in [0.15, 0.2) is 0 Å². The molecule has 0 bridgehead atoms. The van der Waals surface area contributed by atoms with E-state index in [9.17, 15) is 9.59 Å². The van der Waals surface area contributed by atoms with E-state index in [1.54, 1.807) is 0 Å². The number of carbonyl (C=O) groups excluding carboxylic acids is 2. The minimum absolute atomic E-state index is 0.110. The van der Waals surface area contributed by atoms with Crippen LogP contribution in [0, 0.1) is 12.8 Å². The highest BCUT2D eigenvalue weighted by Gasteiger charge is 2.39. The van der Waals surface area contributed by atoms with Gasteiger partial charge < -0.3 is 9.80 Å². The van der Waals surface area contributed by atoms with Crippen LogP contribution in [0.4, 0.5) is 5.69 Å². The van der Waals surface area contributed by atoms with Gasteiger partial charge in [0.05, 0.1) is 5.92 Å². The minimum atomic E-state index is -0.193. The quantitative estimate of drug-likeness (QED) is 0.814. The van der Waals surface area contributed by atoms with Gasteiger partial charge in [-0.3, -0.25) is 9.59 Å². The van der Waals surface area contributed by atoms with Crippen LogP contribution in [-0.2, 0) is 9.59 Å². The number of carbonyl (C=O) groups is 2. The Morgan fingerprint density at radius 2 is 2.00 bits per heavy atom. The van der Waals surface area contributed by atoms with Crippen LogP contribution in [0.1, 0.15) is 57.4 Å². The largest absolute Gasteiger partial charge is 0.339 e. The van der Waals surface area contributed by atoms with Gasteiger partial charge in [-0.05, 0) is 43.9 Å². The standard InChI is InChI=1S/C21H30N2O2/c1-3-12-22(19-11-7-8-16(2)13-19)21(25)17-14-20(24)23(15-17)18-9-5-4-6-10-18/h7-8,11,13,17-18H,3-6,9-10,12,14-15H2,1-2H3. The monoisotopic (exact) mass is 342 g/mol. The van der Waals surface area contributed by atoms with Crippen molar-refractivity contribution in [3.63, 3.8) is 0 Å². The number of nitrogens with zero attached hydrogens (tertiary/aromatic N) is 2. The molecule has 1 unspecified atom stereocenters. The Morgan fingerprint density at radius 3 is 2.68 bits per heavy atom. The van der Waals surface area contributed by atoms with E-state index < -0.39 is 0 Å². The highest BCUT2D eigenvalue weighted by Crippen LogP contribution is 2.30. The molecule has 0 radical (unpaired) electrons. The lowest BCUT2D eigenvalue weighted by Crippen LogP contribution is -2.41. The van der Waals surface area contributed by atoms with Gasteiger partial charge >= 0.3 is 0 Å². The molecular weight excluding hydrogens is 312 g/mol. The highest BCUT2D eigenvalue weighted by molar-refractivity contribution is 5.99. The van der Waals surface area contributed by atoms with E-state index in [0.29, 0.717) is 25.6 Å². The van der Waals surface area contributed by atoms with E-state index in [0.717, 1.165) is 30.5 Å². The van der Waals surface area contributed by atoms with E-state index in [4.69, 9.17) is 0 Å². The molecule has 1 atom stereocenters. The lowest BCUT2D eigenvalue weighted by atomic mass is 9.94. The Bertz CT molecular complexity index is 622. The van der Waals surface area contributed by atoms with E-state index in [2.05, 4.69) is 13.0 Å². The van der Waals surface area contributed by atoms with Gasteiger partial charge in [0, 0.05) is 31.2 Å². The Labute approximate surface area is 151 Å². The molecule has 4 heteroatoms. The number of hydrogen-bond donors (Lipinski definition) is 0. The van der Waals surface area contributed by atoms with Crippen LogP contribution in [0.25, 0.3) is 0 Å². The number of hydrogen-bond acceptors (Lipinski definition) is 2. The summed E-state index contributed by atoms with van der Waals surface area (Å²) in [7, 11) is 0. The molecule has 2 aliphatic rings. The van der Waals surface area contributed by atoms with Gasteiger partial charge in [0.25, 0.3) is 0 Å². The Balaban J connectivity index is 1.73. The molecule has 1 aromatic carbocycles. The molecule has 2 fully saturated rings. The normalized spacial score (nSPS) is 21.6. The molecule has 0 aromatic heterocycles. The first-order valence-corrected chi connectivity index (χ1v) is 9.77. The molecule has 1 heterocycles. The number of amides is 2. The second-order valence-corrected chi connectivity index (χ2v) is 7.57. The maximum absolute atomic E-state index is 13.2. The smallest absolute Gasteiger partial charge is 0.232 e. The second kappa shape index (κ2) is 8.03. The summed E-state index contributed by atoms with van der Waals surface area (Å²) in [6, 6.07) is 8.45. The molecule has 0 spiro atoms. The molecule has 2 amide bonds. The van der Waals surface area contributed by atoms with Gasteiger partial charge in [-0.25, -0.2) is 0 Å². The first-order chi connectivity index (χ1) is 12.1. The van der Waals surface area contributed by atoms with Crippen LogP contribution in [0.15, 0.2) is 24.3 Å². The first kappa shape index (κ1) is 18.0. The molecule has 0 N–H and O–H groups in total. The van der Waals surface area contributed by atoms with Crippen LogP contribution in [0.5, 0.6) is 0 Å². The van der Waals surface area contributed by atoms with Gasteiger partial charge in [-0.2, -0.15) is 0 Å². The van der Waals surface area contributed by atoms with Crippen molar-refractivity contribution in [2.24, 2.45) is 5.92 Å². The molecule has 1 aliphatic heterocycles. The maximum atomic E-state index is 13.2. The zero-order valence-corrected chi connectivity index (χ0v) is 15.5. The summed E-state index contributed by atoms with van der Waals surface area (Å²) in [6.07, 6.45) is 7.18. The lowest BCUT2D eigenvalue weighted by molar-refractivity contribution is -0.130. The van der Waals surface area contributed by atoms with Crippen molar-refractivity contribution in [2.75, 3.05) is 18.0 Å². The van der Waals surface area contributed by atoms with Gasteiger partial charge in [-0.15, -0.1) is 0 Å². The summed E-state index contributed by atoms with van der Waals surface area (Å²) in [5.74, 6) is 0.0894. The fraction of sp³-hybridized carbons (Fsp3) is 0.619. The zero-order chi connectivity index (χ0) is 17.8. The van der Waals surface area contributed by atoms with Gasteiger partial charge in [0.2, 0.25) is 11.8 Å². The zero-order valence-electron chi connectivity index (χ0n) is 15.5. The molecule has 1 aliphatic carbocycles. The van der Waals surface area contributed by atoms with Crippen LogP contribution >= 0.6 is 0 Å². The third-order valence-corrected chi connectivity index (χ3v) is 5.55. The predicted octanol–water partition coefficient (Wildman–Crippen LogP) is 3.92. The molecule has 1 saturated carbocycles. The second-order valence-electron chi connectivity index (χ2n) is 7.57. The predicted molar refractivity (Wildman–Crippen MR) is 101 cm³/mol. The van der Waals surface area contributed by atoms with Crippen LogP contribution in [0.2, 0.25) is 0 Å². The number of rotatable bonds is 5. The number of benzene rings is 1. The average Bonchev–Trinajstić information content (AvgIpc) is 3.01. The number of anilines is 1. The summed E-state index contributed by atoms with van der Waals surface area (Å²) in [5, 5.41) is 0.